The van der Waals surface area contributed by atoms with Crippen LogP contribution < -0.4 is 0 Å². The molecule has 0 aliphatic carbocycles. The first-order chi connectivity index (χ1) is 7.89. The van der Waals surface area contributed by atoms with E-state index < -0.39 is 11.7 Å². The van der Waals surface area contributed by atoms with Crippen LogP contribution in [0.3, 0.4) is 0 Å². The summed E-state index contributed by atoms with van der Waals surface area (Å²) in [6.07, 6.45) is -3.26. The van der Waals surface area contributed by atoms with Crippen LogP contribution in [0.2, 0.25) is 0 Å². The summed E-state index contributed by atoms with van der Waals surface area (Å²) in [5, 5.41) is 13.0. The summed E-state index contributed by atoms with van der Waals surface area (Å²) in [6.45, 7) is 0. The molecule has 0 spiro atoms. The van der Waals surface area contributed by atoms with Gasteiger partial charge in [-0.25, -0.2) is 4.68 Å². The fourth-order valence-electron chi connectivity index (χ4n) is 1.32. The van der Waals surface area contributed by atoms with E-state index in [0.29, 0.717) is 0 Å². The molecule has 0 fully saturated rings. The van der Waals surface area contributed by atoms with Gasteiger partial charge in [0, 0.05) is 0 Å². The zero-order chi connectivity index (χ0) is 12.6. The molecule has 0 aliphatic rings. The van der Waals surface area contributed by atoms with E-state index in [0.717, 1.165) is 18.3 Å². The van der Waals surface area contributed by atoms with Gasteiger partial charge in [0.2, 0.25) is 0 Å². The number of hydrogen-bond acceptors (Lipinski definition) is 2. The smallest absolute Gasteiger partial charge is 0.416 e. The highest BCUT2D eigenvalue weighted by Gasteiger charge is 2.30. The molecule has 17 heavy (non-hydrogen) atoms. The van der Waals surface area contributed by atoms with Gasteiger partial charge in [0.05, 0.1) is 17.4 Å². The van der Waals surface area contributed by atoms with Crippen molar-refractivity contribution in [3.05, 3.63) is 40.6 Å². The van der Waals surface area contributed by atoms with E-state index >= 15 is 0 Å². The predicted octanol–water partition coefficient (Wildman–Crippen LogP) is 3.36. The van der Waals surface area contributed by atoms with Crippen molar-refractivity contribution in [3.63, 3.8) is 0 Å². The molecule has 0 aliphatic heterocycles. The molecule has 2 aromatic rings. The van der Waals surface area contributed by atoms with Gasteiger partial charge < -0.3 is 5.11 Å². The molecule has 1 aromatic carbocycles. The van der Waals surface area contributed by atoms with Crippen LogP contribution >= 0.6 is 15.9 Å². The SMILES string of the molecule is Oc1cnn(-c2cccc(C(F)(F)F)c2)c1Br. The highest BCUT2D eigenvalue weighted by molar-refractivity contribution is 9.10. The Hall–Kier alpha value is -1.50. The quantitative estimate of drug-likeness (QED) is 0.877. The lowest BCUT2D eigenvalue weighted by atomic mass is 10.2. The summed E-state index contributed by atoms with van der Waals surface area (Å²) >= 11 is 3.03. The van der Waals surface area contributed by atoms with Crippen molar-refractivity contribution in [2.45, 2.75) is 6.18 Å². The molecule has 1 N–H and O–H groups in total. The molecule has 2 rings (SSSR count). The molecule has 1 aromatic heterocycles. The van der Waals surface area contributed by atoms with Crippen molar-refractivity contribution in [1.29, 1.82) is 0 Å². The minimum atomic E-state index is -4.41. The lowest BCUT2D eigenvalue weighted by Crippen LogP contribution is -2.06. The molecule has 0 amide bonds. The van der Waals surface area contributed by atoms with Crippen molar-refractivity contribution in [3.8, 4) is 11.4 Å². The third-order valence-corrected chi connectivity index (χ3v) is 2.85. The van der Waals surface area contributed by atoms with Gasteiger partial charge >= 0.3 is 6.18 Å². The second-order valence-electron chi connectivity index (χ2n) is 3.28. The van der Waals surface area contributed by atoms with E-state index in [1.54, 1.807) is 0 Å². The molecule has 0 saturated heterocycles. The highest BCUT2D eigenvalue weighted by atomic mass is 79.9. The van der Waals surface area contributed by atoms with Gasteiger partial charge in [-0.1, -0.05) is 6.07 Å². The van der Waals surface area contributed by atoms with Gasteiger partial charge in [0.15, 0.2) is 10.4 Å². The number of benzene rings is 1. The number of hydrogen-bond donors (Lipinski definition) is 1. The standard InChI is InChI=1S/C10H6BrF3N2O/c11-9-8(17)5-15-16(9)7-3-1-2-6(4-7)10(12,13)14/h1-5,17H. The van der Waals surface area contributed by atoms with Gasteiger partial charge in [-0.05, 0) is 34.1 Å². The van der Waals surface area contributed by atoms with Crippen LogP contribution in [0.25, 0.3) is 5.69 Å². The van der Waals surface area contributed by atoms with Crippen LogP contribution in [0, 0.1) is 0 Å². The first-order valence-electron chi connectivity index (χ1n) is 4.49. The van der Waals surface area contributed by atoms with Crippen molar-refractivity contribution < 1.29 is 18.3 Å². The van der Waals surface area contributed by atoms with E-state index in [4.69, 9.17) is 0 Å². The minimum Gasteiger partial charge on any atom is -0.504 e. The lowest BCUT2D eigenvalue weighted by Gasteiger charge is -2.09. The van der Waals surface area contributed by atoms with Crippen LogP contribution in [-0.2, 0) is 6.18 Å². The van der Waals surface area contributed by atoms with Crippen molar-refractivity contribution in [2.75, 3.05) is 0 Å². The first kappa shape index (κ1) is 12.0. The third kappa shape index (κ3) is 2.28. The van der Waals surface area contributed by atoms with E-state index in [1.807, 2.05) is 0 Å². The zero-order valence-electron chi connectivity index (χ0n) is 8.24. The van der Waals surface area contributed by atoms with E-state index in [1.165, 1.54) is 16.8 Å². The number of alkyl halides is 3. The fraction of sp³-hybridized carbons (Fsp3) is 0.100. The highest BCUT2D eigenvalue weighted by Crippen LogP contribution is 2.32. The molecule has 7 heteroatoms. The molecular weight excluding hydrogens is 301 g/mol. The van der Waals surface area contributed by atoms with Crippen LogP contribution in [0.1, 0.15) is 5.56 Å². The van der Waals surface area contributed by atoms with Crippen LogP contribution in [0.5, 0.6) is 5.75 Å². The van der Waals surface area contributed by atoms with Crippen LogP contribution in [0.4, 0.5) is 13.2 Å². The second-order valence-corrected chi connectivity index (χ2v) is 4.03. The maximum atomic E-state index is 12.5. The summed E-state index contributed by atoms with van der Waals surface area (Å²) in [7, 11) is 0. The molecule has 1 heterocycles. The lowest BCUT2D eigenvalue weighted by molar-refractivity contribution is -0.137. The Bertz CT molecular complexity index is 551. The third-order valence-electron chi connectivity index (χ3n) is 2.11. The second kappa shape index (κ2) is 4.06. The Labute approximate surface area is 103 Å². The maximum Gasteiger partial charge on any atom is 0.416 e. The number of aromatic hydroxyl groups is 1. The van der Waals surface area contributed by atoms with Gasteiger partial charge in [-0.15, -0.1) is 0 Å². The molecule has 3 nitrogen and oxygen atoms in total. The molecular formula is C10H6BrF3N2O. The number of aromatic nitrogens is 2. The van der Waals surface area contributed by atoms with Gasteiger partial charge in [-0.3, -0.25) is 0 Å². The van der Waals surface area contributed by atoms with Crippen molar-refractivity contribution in [2.24, 2.45) is 0 Å². The summed E-state index contributed by atoms with van der Waals surface area (Å²) in [5.74, 6) is -0.137. The molecule has 0 saturated carbocycles. The minimum absolute atomic E-state index is 0.137. The Kier molecular flexibility index (Phi) is 2.86. The molecule has 0 atom stereocenters. The van der Waals surface area contributed by atoms with E-state index in [9.17, 15) is 18.3 Å². The molecule has 90 valence electrons. The van der Waals surface area contributed by atoms with E-state index in [-0.39, 0.29) is 16.0 Å². The fourth-order valence-corrected chi connectivity index (χ4v) is 1.72. The van der Waals surface area contributed by atoms with Crippen molar-refractivity contribution >= 4 is 15.9 Å². The summed E-state index contributed by atoms with van der Waals surface area (Å²) in [4.78, 5) is 0. The summed E-state index contributed by atoms with van der Waals surface area (Å²) in [5.41, 5.74) is -0.552. The Morgan fingerprint density at radius 2 is 2.00 bits per heavy atom. The van der Waals surface area contributed by atoms with Gasteiger partial charge in [-0.2, -0.15) is 18.3 Å². The van der Waals surface area contributed by atoms with Crippen molar-refractivity contribution in [1.82, 2.24) is 9.78 Å². The zero-order valence-corrected chi connectivity index (χ0v) is 9.83. The Morgan fingerprint density at radius 1 is 1.29 bits per heavy atom. The number of rotatable bonds is 1. The number of nitrogens with zero attached hydrogens (tertiary/aromatic N) is 2. The largest absolute Gasteiger partial charge is 0.504 e. The molecule has 0 radical (unpaired) electrons. The Balaban J connectivity index is 2.51. The summed E-state index contributed by atoms with van der Waals surface area (Å²) < 4.78 is 38.9. The summed E-state index contributed by atoms with van der Waals surface area (Å²) in [6, 6.07) is 4.67. The predicted molar refractivity (Wildman–Crippen MR) is 57.9 cm³/mol. The van der Waals surface area contributed by atoms with Crippen LogP contribution in [-0.4, -0.2) is 14.9 Å². The monoisotopic (exact) mass is 306 g/mol. The van der Waals surface area contributed by atoms with Crippen LogP contribution in [0.15, 0.2) is 35.1 Å². The van der Waals surface area contributed by atoms with Gasteiger partial charge in [0.1, 0.15) is 0 Å². The normalized spacial score (nSPS) is 11.8. The maximum absolute atomic E-state index is 12.5. The average molecular weight is 307 g/mol. The first-order valence-corrected chi connectivity index (χ1v) is 5.29. The molecule has 0 bridgehead atoms. The molecule has 0 unspecified atom stereocenters. The number of halogens is 4. The van der Waals surface area contributed by atoms with E-state index in [2.05, 4.69) is 21.0 Å². The van der Waals surface area contributed by atoms with Gasteiger partial charge in [0.25, 0.3) is 0 Å². The average Bonchev–Trinajstić information content (AvgIpc) is 2.59. The topological polar surface area (TPSA) is 38.1 Å². The Morgan fingerprint density at radius 3 is 2.53 bits per heavy atom.